The third-order valence-electron chi connectivity index (χ3n) is 5.26. The zero-order chi connectivity index (χ0) is 16.5. The smallest absolute Gasteiger partial charge is 0.131 e. The summed E-state index contributed by atoms with van der Waals surface area (Å²) in [5.74, 6) is 1.21. The minimum atomic E-state index is -0.377. The Hall–Kier alpha value is -2.68. The van der Waals surface area contributed by atoms with Crippen molar-refractivity contribution in [2.24, 2.45) is 0 Å². The predicted molar refractivity (Wildman–Crippen MR) is 94.1 cm³/mol. The van der Waals surface area contributed by atoms with Crippen LogP contribution in [0.5, 0.6) is 5.75 Å². The van der Waals surface area contributed by atoms with Crippen molar-refractivity contribution in [3.05, 3.63) is 65.5 Å². The lowest BCUT2D eigenvalue weighted by Crippen LogP contribution is -2.30. The number of hydrogen-bond acceptors (Lipinski definition) is 3. The second-order valence-corrected chi connectivity index (χ2v) is 7.07. The molecule has 2 aliphatic rings. The topological polar surface area (TPSA) is 35.0 Å². The van der Waals surface area contributed by atoms with Gasteiger partial charge in [0.15, 0.2) is 0 Å². The molecule has 1 atom stereocenters. The van der Waals surface area contributed by atoms with Crippen molar-refractivity contribution < 1.29 is 4.74 Å². The summed E-state index contributed by atoms with van der Waals surface area (Å²) in [6.45, 7) is 6.45. The molecule has 5 rings (SSSR count). The molecule has 1 aromatic carbocycles. The lowest BCUT2D eigenvalue weighted by molar-refractivity contribution is 0.105. The highest BCUT2D eigenvalue weighted by Crippen LogP contribution is 2.54. The first-order valence-corrected chi connectivity index (χ1v) is 8.35. The SMILES string of the molecule is CC1c2cccnc2-c2ccc3c(c21)-c1ncccc1C(C)(C)O3. The van der Waals surface area contributed by atoms with E-state index in [9.17, 15) is 0 Å². The maximum atomic E-state index is 6.36. The number of pyridine rings is 2. The number of benzene rings is 1. The minimum Gasteiger partial charge on any atom is -0.482 e. The van der Waals surface area contributed by atoms with Crippen molar-refractivity contribution in [3.63, 3.8) is 0 Å². The lowest BCUT2D eigenvalue weighted by atomic mass is 9.84. The van der Waals surface area contributed by atoms with E-state index >= 15 is 0 Å². The van der Waals surface area contributed by atoms with Crippen LogP contribution in [0.4, 0.5) is 0 Å². The Labute approximate surface area is 141 Å². The Balaban J connectivity index is 1.86. The molecule has 0 saturated heterocycles. The summed E-state index contributed by atoms with van der Waals surface area (Å²) in [5, 5.41) is 0. The van der Waals surface area contributed by atoms with Gasteiger partial charge in [-0.1, -0.05) is 19.1 Å². The van der Waals surface area contributed by atoms with Crippen LogP contribution in [-0.2, 0) is 5.60 Å². The second kappa shape index (κ2) is 4.44. The summed E-state index contributed by atoms with van der Waals surface area (Å²) >= 11 is 0. The third-order valence-corrected chi connectivity index (χ3v) is 5.26. The molecule has 0 fully saturated rings. The van der Waals surface area contributed by atoms with E-state index in [2.05, 4.69) is 50.0 Å². The molecule has 0 bridgehead atoms. The number of rotatable bonds is 0. The molecule has 1 unspecified atom stereocenters. The molecule has 3 aromatic rings. The molecule has 0 spiro atoms. The molecule has 24 heavy (non-hydrogen) atoms. The third kappa shape index (κ3) is 1.62. The first-order chi connectivity index (χ1) is 11.6. The van der Waals surface area contributed by atoms with E-state index in [1.165, 1.54) is 16.7 Å². The summed E-state index contributed by atoms with van der Waals surface area (Å²) in [4.78, 5) is 9.35. The standard InChI is InChI=1S/C21H18N2O/c1-12-13-6-4-10-22-19(13)14-8-9-16-18(17(12)14)20-15(7-5-11-23-20)21(2,3)24-16/h4-12H,1-3H3. The molecule has 0 saturated carbocycles. The van der Waals surface area contributed by atoms with Gasteiger partial charge in [-0.05, 0) is 49.2 Å². The van der Waals surface area contributed by atoms with Gasteiger partial charge in [0, 0.05) is 35.0 Å². The van der Waals surface area contributed by atoms with E-state index in [4.69, 9.17) is 9.72 Å². The van der Waals surface area contributed by atoms with Crippen LogP contribution < -0.4 is 4.74 Å². The van der Waals surface area contributed by atoms with Crippen molar-refractivity contribution in [3.8, 4) is 28.3 Å². The Bertz CT molecular complexity index is 991. The summed E-state index contributed by atoms with van der Waals surface area (Å²) in [6.07, 6.45) is 3.74. The quantitative estimate of drug-likeness (QED) is 0.592. The fraction of sp³-hybridized carbons (Fsp3) is 0.238. The van der Waals surface area contributed by atoms with Crippen LogP contribution >= 0.6 is 0 Å². The van der Waals surface area contributed by atoms with Crippen LogP contribution in [0, 0.1) is 0 Å². The van der Waals surface area contributed by atoms with Crippen LogP contribution in [-0.4, -0.2) is 9.97 Å². The molecule has 0 N–H and O–H groups in total. The summed E-state index contributed by atoms with van der Waals surface area (Å²) in [5.41, 5.74) is 7.80. The molecule has 1 aliphatic carbocycles. The molecule has 0 radical (unpaired) electrons. The normalized spacial score (nSPS) is 18.9. The van der Waals surface area contributed by atoms with Gasteiger partial charge in [-0.25, -0.2) is 0 Å². The van der Waals surface area contributed by atoms with Gasteiger partial charge in [0.25, 0.3) is 0 Å². The summed E-state index contributed by atoms with van der Waals surface area (Å²) in [7, 11) is 0. The molecule has 3 nitrogen and oxygen atoms in total. The van der Waals surface area contributed by atoms with Crippen molar-refractivity contribution >= 4 is 0 Å². The summed E-state index contributed by atoms with van der Waals surface area (Å²) in [6, 6.07) is 12.5. The molecule has 2 aromatic heterocycles. The van der Waals surface area contributed by atoms with Crippen molar-refractivity contribution in [2.45, 2.75) is 32.3 Å². The van der Waals surface area contributed by atoms with Crippen molar-refractivity contribution in [2.75, 3.05) is 0 Å². The van der Waals surface area contributed by atoms with Crippen LogP contribution in [0.1, 0.15) is 43.4 Å². The van der Waals surface area contributed by atoms with Crippen LogP contribution in [0.3, 0.4) is 0 Å². The number of fused-ring (bicyclic) bond motifs is 7. The average molecular weight is 314 g/mol. The monoisotopic (exact) mass is 314 g/mol. The van der Waals surface area contributed by atoms with Gasteiger partial charge < -0.3 is 4.74 Å². The van der Waals surface area contributed by atoms with Gasteiger partial charge in [0.05, 0.1) is 11.4 Å². The van der Waals surface area contributed by atoms with E-state index in [1.54, 1.807) is 0 Å². The largest absolute Gasteiger partial charge is 0.482 e. The van der Waals surface area contributed by atoms with E-state index in [0.29, 0.717) is 5.92 Å². The number of hydrogen-bond donors (Lipinski definition) is 0. The van der Waals surface area contributed by atoms with Crippen LogP contribution in [0.2, 0.25) is 0 Å². The average Bonchev–Trinajstić information content (AvgIpc) is 2.88. The first-order valence-electron chi connectivity index (χ1n) is 8.35. The molecule has 3 heteroatoms. The molecule has 3 heterocycles. The Kier molecular flexibility index (Phi) is 2.54. The van der Waals surface area contributed by atoms with Crippen LogP contribution in [0.15, 0.2) is 48.8 Å². The van der Waals surface area contributed by atoms with Gasteiger partial charge in [0.1, 0.15) is 11.4 Å². The highest BCUT2D eigenvalue weighted by Gasteiger charge is 2.38. The van der Waals surface area contributed by atoms with Gasteiger partial charge >= 0.3 is 0 Å². The van der Waals surface area contributed by atoms with Gasteiger partial charge in [-0.3, -0.25) is 9.97 Å². The fourth-order valence-electron chi connectivity index (χ4n) is 4.15. The van der Waals surface area contributed by atoms with E-state index in [1.807, 2.05) is 24.5 Å². The lowest BCUT2D eigenvalue weighted by Gasteiger charge is -2.35. The highest BCUT2D eigenvalue weighted by atomic mass is 16.5. The van der Waals surface area contributed by atoms with Crippen LogP contribution in [0.25, 0.3) is 22.5 Å². The molecule has 1 aliphatic heterocycles. The van der Waals surface area contributed by atoms with E-state index in [-0.39, 0.29) is 5.60 Å². The molecule has 118 valence electrons. The zero-order valence-corrected chi connectivity index (χ0v) is 14.0. The Morgan fingerprint density at radius 3 is 2.54 bits per heavy atom. The fourth-order valence-corrected chi connectivity index (χ4v) is 4.15. The first kappa shape index (κ1) is 13.7. The number of ether oxygens (including phenoxy) is 1. The molecular weight excluding hydrogens is 296 g/mol. The van der Waals surface area contributed by atoms with Gasteiger partial charge in [-0.2, -0.15) is 0 Å². The highest BCUT2D eigenvalue weighted by molar-refractivity contribution is 5.88. The van der Waals surface area contributed by atoms with Gasteiger partial charge in [0.2, 0.25) is 0 Å². The molecule has 0 amide bonds. The number of nitrogens with zero attached hydrogens (tertiary/aromatic N) is 2. The van der Waals surface area contributed by atoms with Gasteiger partial charge in [-0.15, -0.1) is 0 Å². The zero-order valence-electron chi connectivity index (χ0n) is 14.0. The van der Waals surface area contributed by atoms with Crippen molar-refractivity contribution in [1.29, 1.82) is 0 Å². The van der Waals surface area contributed by atoms with Crippen molar-refractivity contribution in [1.82, 2.24) is 9.97 Å². The molecular formula is C21H18N2O. The van der Waals surface area contributed by atoms with E-state index < -0.39 is 0 Å². The van der Waals surface area contributed by atoms with E-state index in [0.717, 1.165) is 28.3 Å². The Morgan fingerprint density at radius 2 is 1.71 bits per heavy atom. The predicted octanol–water partition coefficient (Wildman–Crippen LogP) is 4.90. The second-order valence-electron chi connectivity index (χ2n) is 7.07. The minimum absolute atomic E-state index is 0.290. The number of aromatic nitrogens is 2. The summed E-state index contributed by atoms with van der Waals surface area (Å²) < 4.78 is 6.36. The maximum absolute atomic E-state index is 6.36. The maximum Gasteiger partial charge on any atom is 0.131 e. The Morgan fingerprint density at radius 1 is 0.958 bits per heavy atom.